The highest BCUT2D eigenvalue weighted by Crippen LogP contribution is 2.19. The predicted octanol–water partition coefficient (Wildman–Crippen LogP) is -1.26. The first-order valence-corrected chi connectivity index (χ1v) is 14.6. The quantitative estimate of drug-likeness (QED) is 0.276. The monoisotopic (exact) mass is 601 g/mol. The van der Waals surface area contributed by atoms with E-state index in [2.05, 4.69) is 26.2 Å². The maximum atomic E-state index is 13.6. The van der Waals surface area contributed by atoms with Crippen molar-refractivity contribution in [3.05, 3.63) is 29.8 Å². The maximum absolute atomic E-state index is 13.6. The molecule has 43 heavy (non-hydrogen) atoms. The second-order valence-corrected chi connectivity index (χ2v) is 11.2. The molecule has 0 saturated carbocycles. The number of carbonyl (C=O) groups is 6. The van der Waals surface area contributed by atoms with Gasteiger partial charge in [0.15, 0.2) is 0 Å². The van der Waals surface area contributed by atoms with Crippen molar-refractivity contribution in [2.45, 2.75) is 64.7 Å². The lowest BCUT2D eigenvalue weighted by Crippen LogP contribution is -2.58. The van der Waals surface area contributed by atoms with Gasteiger partial charge in [-0.2, -0.15) is 0 Å². The van der Waals surface area contributed by atoms with Crippen LogP contribution in [-0.2, 0) is 24.0 Å². The van der Waals surface area contributed by atoms with Crippen LogP contribution >= 0.6 is 0 Å². The molecule has 6 amide bonds. The molecule has 1 aromatic rings. The van der Waals surface area contributed by atoms with Gasteiger partial charge < -0.3 is 41.5 Å². The third-order valence-corrected chi connectivity index (χ3v) is 7.44. The molecule has 14 nitrogen and oxygen atoms in total. The third-order valence-electron chi connectivity index (χ3n) is 7.44. The van der Waals surface area contributed by atoms with Crippen LogP contribution in [0.3, 0.4) is 0 Å². The number of primary amides is 1. The van der Waals surface area contributed by atoms with Gasteiger partial charge in [-0.05, 0) is 31.5 Å². The molecule has 0 bridgehead atoms. The molecule has 2 aliphatic heterocycles. The second-order valence-electron chi connectivity index (χ2n) is 11.2. The predicted molar refractivity (Wildman–Crippen MR) is 157 cm³/mol. The largest absolute Gasteiger partial charge is 0.491 e. The number of nitrogens with two attached hydrogens (primary N) is 1. The Morgan fingerprint density at radius 1 is 0.977 bits per heavy atom. The number of fused-ring (bicyclic) bond motifs is 1. The summed E-state index contributed by atoms with van der Waals surface area (Å²) in [7, 11) is 0. The van der Waals surface area contributed by atoms with Crippen molar-refractivity contribution in [3.8, 4) is 5.75 Å². The van der Waals surface area contributed by atoms with Crippen LogP contribution in [0.4, 0.5) is 0 Å². The Morgan fingerprint density at radius 3 is 2.28 bits per heavy atom. The smallest absolute Gasteiger partial charge is 0.255 e. The minimum atomic E-state index is -1.41. The number of ether oxygens (including phenoxy) is 1. The van der Waals surface area contributed by atoms with Crippen molar-refractivity contribution in [2.75, 3.05) is 39.3 Å². The van der Waals surface area contributed by atoms with Crippen molar-refractivity contribution < 1.29 is 33.5 Å². The van der Waals surface area contributed by atoms with Crippen LogP contribution in [0.5, 0.6) is 5.75 Å². The Labute approximate surface area is 251 Å². The summed E-state index contributed by atoms with van der Waals surface area (Å²) in [6.07, 6.45) is -1.04. The number of carbonyl (C=O) groups excluding carboxylic acids is 6. The van der Waals surface area contributed by atoms with Gasteiger partial charge in [0, 0.05) is 26.2 Å². The van der Waals surface area contributed by atoms with Crippen LogP contribution in [0.15, 0.2) is 24.3 Å². The van der Waals surface area contributed by atoms with Gasteiger partial charge in [0.2, 0.25) is 29.5 Å². The van der Waals surface area contributed by atoms with Crippen molar-refractivity contribution in [1.29, 1.82) is 0 Å². The zero-order chi connectivity index (χ0) is 31.7. The summed E-state index contributed by atoms with van der Waals surface area (Å²) < 4.78 is 5.88. The number of benzene rings is 1. The number of para-hydroxylation sites is 1. The van der Waals surface area contributed by atoms with Crippen LogP contribution in [-0.4, -0.2) is 109 Å². The summed E-state index contributed by atoms with van der Waals surface area (Å²) in [5.74, 6) is -4.10. The van der Waals surface area contributed by atoms with E-state index in [1.54, 1.807) is 43.9 Å². The molecule has 4 atom stereocenters. The molecule has 0 unspecified atom stereocenters. The van der Waals surface area contributed by atoms with Crippen molar-refractivity contribution in [2.24, 2.45) is 11.7 Å². The lowest BCUT2D eigenvalue weighted by molar-refractivity contribution is -0.138. The standard InChI is InChI=1S/C29H43N7O7/c1-5-35-10-12-36(13-11-35)29(42)21-15-24(38)32-20(14-23(30)37)27(40)34-25(17(2)3)28(41)31-18(4)16-43-22-9-7-6-8-19(22)26(39)33-21/h6-9,17-18,20-21,25H,5,10-16H2,1-4H3,(H2,30,37)(H,31,41)(H,32,38)(H,33,39)(H,34,40)/t18-,20-,21-,25+/m0/s1. The number of nitrogens with one attached hydrogen (secondary N) is 4. The van der Waals surface area contributed by atoms with E-state index >= 15 is 0 Å². The molecule has 2 aliphatic rings. The van der Waals surface area contributed by atoms with Gasteiger partial charge in [0.05, 0.1) is 24.4 Å². The van der Waals surface area contributed by atoms with E-state index in [-0.39, 0.29) is 23.8 Å². The summed E-state index contributed by atoms with van der Waals surface area (Å²) in [6, 6.07) is 2.26. The van der Waals surface area contributed by atoms with Crippen molar-refractivity contribution in [3.63, 3.8) is 0 Å². The zero-order valence-corrected chi connectivity index (χ0v) is 25.2. The Hall–Kier alpha value is -4.20. The summed E-state index contributed by atoms with van der Waals surface area (Å²) in [5, 5.41) is 10.6. The van der Waals surface area contributed by atoms with Crippen molar-refractivity contribution >= 4 is 35.4 Å². The first-order chi connectivity index (χ1) is 20.4. The molecule has 0 aromatic heterocycles. The van der Waals surface area contributed by atoms with E-state index < -0.39 is 72.5 Å². The van der Waals surface area contributed by atoms with Gasteiger partial charge in [-0.15, -0.1) is 0 Å². The fourth-order valence-electron chi connectivity index (χ4n) is 4.95. The van der Waals surface area contributed by atoms with Gasteiger partial charge in [-0.1, -0.05) is 32.9 Å². The highest BCUT2D eigenvalue weighted by atomic mass is 16.5. The summed E-state index contributed by atoms with van der Waals surface area (Å²) in [5.41, 5.74) is 5.50. The van der Waals surface area contributed by atoms with Gasteiger partial charge in [-0.3, -0.25) is 28.8 Å². The number of piperazine rings is 1. The molecule has 236 valence electrons. The summed E-state index contributed by atoms with van der Waals surface area (Å²) in [4.78, 5) is 82.3. The van der Waals surface area contributed by atoms with E-state index in [0.717, 1.165) is 6.54 Å². The minimum Gasteiger partial charge on any atom is -0.491 e. The molecule has 14 heteroatoms. The first kappa shape index (κ1) is 33.3. The maximum Gasteiger partial charge on any atom is 0.255 e. The molecule has 1 aromatic carbocycles. The number of nitrogens with zero attached hydrogens (tertiary/aromatic N) is 2. The Morgan fingerprint density at radius 2 is 1.65 bits per heavy atom. The van der Waals surface area contributed by atoms with E-state index in [1.807, 2.05) is 6.92 Å². The number of hydrogen-bond acceptors (Lipinski definition) is 8. The molecule has 3 rings (SSSR count). The molecule has 2 heterocycles. The lowest BCUT2D eigenvalue weighted by atomic mass is 10.0. The molecule has 1 fully saturated rings. The van der Waals surface area contributed by atoms with Crippen LogP contribution < -0.4 is 31.7 Å². The molecule has 0 spiro atoms. The Balaban J connectivity index is 1.96. The molecule has 0 radical (unpaired) electrons. The molecular weight excluding hydrogens is 558 g/mol. The topological polar surface area (TPSA) is 192 Å². The number of rotatable bonds is 5. The van der Waals surface area contributed by atoms with Gasteiger partial charge in [0.25, 0.3) is 5.91 Å². The van der Waals surface area contributed by atoms with Crippen LogP contribution in [0.1, 0.15) is 50.9 Å². The summed E-state index contributed by atoms with van der Waals surface area (Å²) >= 11 is 0. The highest BCUT2D eigenvalue weighted by molar-refractivity contribution is 6.01. The first-order valence-electron chi connectivity index (χ1n) is 14.6. The second kappa shape index (κ2) is 15.3. The minimum absolute atomic E-state index is 0.00318. The van der Waals surface area contributed by atoms with Crippen molar-refractivity contribution in [1.82, 2.24) is 31.1 Å². The lowest BCUT2D eigenvalue weighted by Gasteiger charge is -2.36. The number of likely N-dealkylation sites (N-methyl/N-ethyl adjacent to an activating group) is 1. The van der Waals surface area contributed by atoms with Gasteiger partial charge in [-0.25, -0.2) is 0 Å². The number of amides is 6. The van der Waals surface area contributed by atoms with E-state index in [0.29, 0.717) is 26.2 Å². The average molecular weight is 602 g/mol. The summed E-state index contributed by atoms with van der Waals surface area (Å²) in [6.45, 7) is 10.2. The fraction of sp³-hybridized carbons (Fsp3) is 0.586. The van der Waals surface area contributed by atoms with Crippen LogP contribution in [0.25, 0.3) is 0 Å². The molecule has 1 saturated heterocycles. The van der Waals surface area contributed by atoms with Gasteiger partial charge >= 0.3 is 0 Å². The molecular formula is C29H43N7O7. The molecule has 6 N–H and O–H groups in total. The number of hydrogen-bond donors (Lipinski definition) is 5. The molecule has 0 aliphatic carbocycles. The fourth-order valence-corrected chi connectivity index (χ4v) is 4.95. The van der Waals surface area contributed by atoms with Gasteiger partial charge in [0.1, 0.15) is 30.5 Å². The Kier molecular flexibility index (Phi) is 11.9. The van der Waals surface area contributed by atoms with E-state index in [9.17, 15) is 28.8 Å². The zero-order valence-electron chi connectivity index (χ0n) is 25.2. The van der Waals surface area contributed by atoms with E-state index in [4.69, 9.17) is 10.5 Å². The normalized spacial score (nSPS) is 24.9. The Bertz CT molecular complexity index is 1200. The van der Waals surface area contributed by atoms with E-state index in [1.165, 1.54) is 6.07 Å². The average Bonchev–Trinajstić information content (AvgIpc) is 2.96. The van der Waals surface area contributed by atoms with Crippen LogP contribution in [0, 0.1) is 5.92 Å². The SMILES string of the molecule is CCN1CCN(C(=O)[C@@H]2CC(=O)N[C@@H](CC(N)=O)C(=O)N[C@H](C(C)C)C(=O)N[C@@H](C)COc3ccccc3C(=O)N2)CC1. The highest BCUT2D eigenvalue weighted by Gasteiger charge is 2.34. The van der Waals surface area contributed by atoms with Crippen LogP contribution in [0.2, 0.25) is 0 Å². The third kappa shape index (κ3) is 9.40.